The van der Waals surface area contributed by atoms with Crippen molar-refractivity contribution in [2.75, 3.05) is 0 Å². The van der Waals surface area contributed by atoms with Gasteiger partial charge in [-0.2, -0.15) is 13.2 Å². The van der Waals surface area contributed by atoms with Gasteiger partial charge in [0, 0.05) is 0 Å². The largest absolute Gasteiger partial charge is 0.463 e. The number of benzene rings is 2. The van der Waals surface area contributed by atoms with Crippen molar-refractivity contribution in [1.82, 2.24) is 0 Å². The average molecular weight is 264 g/mol. The maximum Gasteiger partial charge on any atom is 0.423 e. The van der Waals surface area contributed by atoms with Gasteiger partial charge >= 0.3 is 6.18 Å². The summed E-state index contributed by atoms with van der Waals surface area (Å²) in [7, 11) is 0. The van der Waals surface area contributed by atoms with Crippen LogP contribution < -0.4 is 5.43 Å². The van der Waals surface area contributed by atoms with E-state index in [0.717, 1.165) is 5.39 Å². The lowest BCUT2D eigenvalue weighted by atomic mass is 10.1. The van der Waals surface area contributed by atoms with Gasteiger partial charge in [0.25, 0.3) is 0 Å². The summed E-state index contributed by atoms with van der Waals surface area (Å²) in [5.74, 6) is 0. The highest BCUT2D eigenvalue weighted by molar-refractivity contribution is 5.95. The molecule has 0 atom stereocenters. The SMILES string of the molecule is O=c1c(C(F)(F)F)coc2cc3ccccc3cc12. The van der Waals surface area contributed by atoms with Crippen LogP contribution in [0.15, 0.2) is 51.9 Å². The first kappa shape index (κ1) is 11.8. The zero-order valence-corrected chi connectivity index (χ0v) is 9.49. The minimum absolute atomic E-state index is 0.0616. The first-order valence-corrected chi connectivity index (χ1v) is 5.48. The van der Waals surface area contributed by atoms with Crippen molar-refractivity contribution in [2.24, 2.45) is 0 Å². The van der Waals surface area contributed by atoms with Crippen LogP contribution in [0.2, 0.25) is 0 Å². The van der Waals surface area contributed by atoms with Crippen molar-refractivity contribution in [3.8, 4) is 0 Å². The standard InChI is InChI=1S/C14H7F3O2/c15-14(16,17)11-7-19-12-6-9-4-2-1-3-8(9)5-10(12)13(11)18/h1-7H. The normalized spacial score (nSPS) is 12.2. The van der Waals surface area contributed by atoms with Crippen molar-refractivity contribution >= 4 is 21.7 Å². The number of hydrogen-bond acceptors (Lipinski definition) is 2. The van der Waals surface area contributed by atoms with Gasteiger partial charge in [-0.15, -0.1) is 0 Å². The van der Waals surface area contributed by atoms with E-state index in [4.69, 9.17) is 4.42 Å². The van der Waals surface area contributed by atoms with E-state index in [1.165, 1.54) is 6.07 Å². The van der Waals surface area contributed by atoms with E-state index >= 15 is 0 Å². The van der Waals surface area contributed by atoms with Crippen molar-refractivity contribution in [3.05, 3.63) is 58.4 Å². The van der Waals surface area contributed by atoms with Gasteiger partial charge < -0.3 is 4.42 Å². The van der Waals surface area contributed by atoms with E-state index in [0.29, 0.717) is 11.6 Å². The molecule has 0 radical (unpaired) electrons. The Morgan fingerprint density at radius 1 is 1.00 bits per heavy atom. The molecule has 0 saturated carbocycles. The van der Waals surface area contributed by atoms with Crippen LogP contribution in [0.4, 0.5) is 13.2 Å². The summed E-state index contributed by atoms with van der Waals surface area (Å²) in [6.07, 6.45) is -4.24. The second kappa shape index (κ2) is 3.85. The van der Waals surface area contributed by atoms with Crippen molar-refractivity contribution in [2.45, 2.75) is 6.18 Å². The summed E-state index contributed by atoms with van der Waals surface area (Å²) < 4.78 is 42.8. The summed E-state index contributed by atoms with van der Waals surface area (Å²) in [6.45, 7) is 0. The molecule has 1 heterocycles. The predicted octanol–water partition coefficient (Wildman–Crippen LogP) is 3.97. The molecule has 0 aliphatic rings. The van der Waals surface area contributed by atoms with Gasteiger partial charge in [-0.05, 0) is 22.9 Å². The van der Waals surface area contributed by atoms with E-state index in [-0.39, 0.29) is 11.0 Å². The Kier molecular flexibility index (Phi) is 2.38. The molecule has 0 aliphatic heterocycles. The second-order valence-corrected chi connectivity index (χ2v) is 4.17. The number of halogens is 3. The van der Waals surface area contributed by atoms with Crippen LogP contribution in [-0.4, -0.2) is 0 Å². The third-order valence-electron chi connectivity index (χ3n) is 2.95. The third kappa shape index (κ3) is 1.87. The summed E-state index contributed by atoms with van der Waals surface area (Å²) in [5.41, 5.74) is -2.19. The van der Waals surface area contributed by atoms with E-state index in [2.05, 4.69) is 0 Å². The molecule has 0 spiro atoms. The maximum atomic E-state index is 12.6. The number of hydrogen-bond donors (Lipinski definition) is 0. The molecule has 19 heavy (non-hydrogen) atoms. The van der Waals surface area contributed by atoms with Crippen LogP contribution in [0.1, 0.15) is 5.56 Å². The lowest BCUT2D eigenvalue weighted by Gasteiger charge is -2.06. The second-order valence-electron chi connectivity index (χ2n) is 4.17. The molecule has 96 valence electrons. The van der Waals surface area contributed by atoms with Gasteiger partial charge in [0.2, 0.25) is 5.43 Å². The summed E-state index contributed by atoms with van der Waals surface area (Å²) in [5, 5.41) is 1.44. The monoisotopic (exact) mass is 264 g/mol. The molecule has 1 aromatic heterocycles. The topological polar surface area (TPSA) is 30.2 Å². The molecule has 0 unspecified atom stereocenters. The quantitative estimate of drug-likeness (QED) is 0.575. The Bertz CT molecular complexity index is 831. The fourth-order valence-electron chi connectivity index (χ4n) is 2.01. The molecule has 2 aromatic carbocycles. The fourth-order valence-corrected chi connectivity index (χ4v) is 2.01. The summed E-state index contributed by atoms with van der Waals surface area (Å²) in [4.78, 5) is 11.8. The molecule has 3 aromatic rings. The molecule has 0 bridgehead atoms. The van der Waals surface area contributed by atoms with Gasteiger partial charge in [0.1, 0.15) is 17.4 Å². The van der Waals surface area contributed by atoms with Crippen LogP contribution in [0, 0.1) is 0 Å². The highest BCUT2D eigenvalue weighted by Crippen LogP contribution is 2.29. The summed E-state index contributed by atoms with van der Waals surface area (Å²) in [6, 6.07) is 10.1. The molecule has 0 N–H and O–H groups in total. The Morgan fingerprint density at radius 2 is 1.63 bits per heavy atom. The van der Waals surface area contributed by atoms with Crippen LogP contribution in [0.3, 0.4) is 0 Å². The average Bonchev–Trinajstić information content (AvgIpc) is 2.36. The van der Waals surface area contributed by atoms with Gasteiger partial charge in [-0.3, -0.25) is 4.79 Å². The molecular weight excluding hydrogens is 257 g/mol. The van der Waals surface area contributed by atoms with E-state index < -0.39 is 17.2 Å². The molecule has 5 heteroatoms. The zero-order valence-electron chi connectivity index (χ0n) is 9.49. The maximum absolute atomic E-state index is 12.6. The van der Waals surface area contributed by atoms with Crippen LogP contribution in [-0.2, 0) is 6.18 Å². The molecule has 2 nitrogen and oxygen atoms in total. The molecule has 0 fully saturated rings. The van der Waals surface area contributed by atoms with E-state index in [1.54, 1.807) is 30.3 Å². The Balaban J connectivity index is 2.43. The number of fused-ring (bicyclic) bond motifs is 2. The highest BCUT2D eigenvalue weighted by Gasteiger charge is 2.35. The van der Waals surface area contributed by atoms with Crippen LogP contribution in [0.5, 0.6) is 0 Å². The van der Waals surface area contributed by atoms with Gasteiger partial charge in [-0.1, -0.05) is 24.3 Å². The molecule has 0 aliphatic carbocycles. The Labute approximate surface area is 105 Å². The Morgan fingerprint density at radius 3 is 2.26 bits per heavy atom. The van der Waals surface area contributed by atoms with Crippen LogP contribution in [0.25, 0.3) is 21.7 Å². The van der Waals surface area contributed by atoms with Crippen molar-refractivity contribution < 1.29 is 17.6 Å². The highest BCUT2D eigenvalue weighted by atomic mass is 19.4. The summed E-state index contributed by atoms with van der Waals surface area (Å²) >= 11 is 0. The lowest BCUT2D eigenvalue weighted by molar-refractivity contribution is -0.139. The lowest BCUT2D eigenvalue weighted by Crippen LogP contribution is -2.18. The third-order valence-corrected chi connectivity index (χ3v) is 2.95. The Hall–Kier alpha value is -2.30. The zero-order chi connectivity index (χ0) is 13.6. The fraction of sp³-hybridized carbons (Fsp3) is 0.0714. The first-order chi connectivity index (χ1) is 8.97. The minimum Gasteiger partial charge on any atom is -0.463 e. The van der Waals surface area contributed by atoms with Crippen molar-refractivity contribution in [3.63, 3.8) is 0 Å². The molecule has 0 amide bonds. The molecule has 3 rings (SSSR count). The van der Waals surface area contributed by atoms with Gasteiger partial charge in [0.05, 0.1) is 5.39 Å². The van der Waals surface area contributed by atoms with Crippen molar-refractivity contribution in [1.29, 1.82) is 0 Å². The van der Waals surface area contributed by atoms with E-state index in [9.17, 15) is 18.0 Å². The molecular formula is C14H7F3O2. The van der Waals surface area contributed by atoms with Crippen LogP contribution >= 0.6 is 0 Å². The number of alkyl halides is 3. The minimum atomic E-state index is -4.71. The number of rotatable bonds is 0. The van der Waals surface area contributed by atoms with E-state index in [1.807, 2.05) is 0 Å². The van der Waals surface area contributed by atoms with Gasteiger partial charge in [-0.25, -0.2) is 0 Å². The first-order valence-electron chi connectivity index (χ1n) is 5.48. The molecule has 0 saturated heterocycles. The predicted molar refractivity (Wildman–Crippen MR) is 65.0 cm³/mol. The smallest absolute Gasteiger partial charge is 0.423 e. The van der Waals surface area contributed by atoms with Gasteiger partial charge in [0.15, 0.2) is 0 Å².